The number of rotatable bonds is 2. The third-order valence-electron chi connectivity index (χ3n) is 3.09. The predicted octanol–water partition coefficient (Wildman–Crippen LogP) is 0.213. The summed E-state index contributed by atoms with van der Waals surface area (Å²) < 4.78 is 4.98. The molecule has 3 fully saturated rings. The second-order valence-corrected chi connectivity index (χ2v) is 3.93. The summed E-state index contributed by atoms with van der Waals surface area (Å²) in [6.45, 7) is 3.52. The number of hydrogen-bond donors (Lipinski definition) is 0. The van der Waals surface area contributed by atoms with Crippen LogP contribution in [0.4, 0.5) is 0 Å². The molecule has 2 bridgehead atoms. The van der Waals surface area contributed by atoms with Gasteiger partial charge in [-0.2, -0.15) is 0 Å². The topological polar surface area (TPSA) is 46.6 Å². The molecule has 0 aromatic rings. The quantitative estimate of drug-likeness (QED) is 0.594. The first kappa shape index (κ1) is 9.65. The van der Waals surface area contributed by atoms with Crippen LogP contribution in [0.15, 0.2) is 0 Å². The number of carbonyl (C=O) groups excluding carboxylic acids is 2. The Morgan fingerprint density at radius 2 is 2.43 bits per heavy atom. The summed E-state index contributed by atoms with van der Waals surface area (Å²) >= 11 is 0. The highest BCUT2D eigenvalue weighted by Crippen LogP contribution is 2.30. The van der Waals surface area contributed by atoms with Gasteiger partial charge in [-0.25, -0.2) is 0 Å². The van der Waals surface area contributed by atoms with Gasteiger partial charge in [-0.1, -0.05) is 0 Å². The van der Waals surface area contributed by atoms with Gasteiger partial charge in [0.15, 0.2) is 0 Å². The van der Waals surface area contributed by atoms with Crippen LogP contribution in [0.5, 0.6) is 0 Å². The molecule has 0 aromatic carbocycles. The van der Waals surface area contributed by atoms with Crippen LogP contribution in [0, 0.1) is 5.92 Å². The number of Topliss-reactive ketones (excluding diaryl/α,β-unsaturated/α-hetero) is 1. The number of piperidine rings is 3. The molecule has 3 heterocycles. The molecule has 78 valence electrons. The van der Waals surface area contributed by atoms with E-state index in [0.29, 0.717) is 19.6 Å². The molecule has 3 saturated heterocycles. The second kappa shape index (κ2) is 3.69. The zero-order valence-corrected chi connectivity index (χ0v) is 8.36. The van der Waals surface area contributed by atoms with Gasteiger partial charge in [-0.3, -0.25) is 14.5 Å². The smallest absolute Gasteiger partial charge is 0.323 e. The molecule has 4 nitrogen and oxygen atoms in total. The zero-order valence-electron chi connectivity index (χ0n) is 8.36. The molecule has 0 radical (unpaired) electrons. The minimum atomic E-state index is -0.162. The Kier molecular flexibility index (Phi) is 2.54. The summed E-state index contributed by atoms with van der Waals surface area (Å²) in [4.78, 5) is 24.9. The number of fused-ring (bicyclic) bond motifs is 3. The van der Waals surface area contributed by atoms with Gasteiger partial charge in [-0.05, 0) is 19.8 Å². The zero-order chi connectivity index (χ0) is 10.1. The maximum absolute atomic E-state index is 11.5. The molecule has 0 saturated carbocycles. The van der Waals surface area contributed by atoms with Gasteiger partial charge in [0, 0.05) is 12.5 Å². The summed E-state index contributed by atoms with van der Waals surface area (Å²) in [5.41, 5.74) is 0. The first-order valence-electron chi connectivity index (χ1n) is 5.15. The van der Waals surface area contributed by atoms with Crippen LogP contribution in [-0.4, -0.2) is 42.4 Å². The standard InChI is InChI=1S/C10H15NO3/c1-2-14-10(13)8-5-7-3-4-11(8)6-9(7)12/h7-8H,2-6H2,1H3. The fraction of sp³-hybridized carbons (Fsp3) is 0.800. The van der Waals surface area contributed by atoms with E-state index in [4.69, 9.17) is 4.74 Å². The van der Waals surface area contributed by atoms with Crippen LogP contribution in [0.1, 0.15) is 19.8 Å². The van der Waals surface area contributed by atoms with E-state index in [9.17, 15) is 9.59 Å². The van der Waals surface area contributed by atoms with Crippen LogP contribution < -0.4 is 0 Å². The third-order valence-corrected chi connectivity index (χ3v) is 3.09. The molecule has 0 spiro atoms. The van der Waals surface area contributed by atoms with Crippen molar-refractivity contribution in [2.24, 2.45) is 5.92 Å². The van der Waals surface area contributed by atoms with Crippen molar-refractivity contribution < 1.29 is 14.3 Å². The Morgan fingerprint density at radius 3 is 2.93 bits per heavy atom. The van der Waals surface area contributed by atoms with Gasteiger partial charge in [-0.15, -0.1) is 0 Å². The SMILES string of the molecule is CCOC(=O)C1CC2CCN1CC2=O. The number of nitrogens with zero attached hydrogens (tertiary/aromatic N) is 1. The number of esters is 1. The van der Waals surface area contributed by atoms with Crippen molar-refractivity contribution in [2.45, 2.75) is 25.8 Å². The van der Waals surface area contributed by atoms with E-state index >= 15 is 0 Å². The highest BCUT2D eigenvalue weighted by atomic mass is 16.5. The van der Waals surface area contributed by atoms with Crippen LogP contribution in [0.2, 0.25) is 0 Å². The Balaban J connectivity index is 2.03. The normalized spacial score (nSPS) is 35.8. The van der Waals surface area contributed by atoms with Crippen molar-refractivity contribution in [3.05, 3.63) is 0 Å². The van der Waals surface area contributed by atoms with Crippen LogP contribution in [0.3, 0.4) is 0 Å². The van der Waals surface area contributed by atoms with E-state index in [1.165, 1.54) is 0 Å². The number of hydrogen-bond acceptors (Lipinski definition) is 4. The number of carbonyl (C=O) groups is 2. The van der Waals surface area contributed by atoms with Crippen molar-refractivity contribution in [1.82, 2.24) is 4.90 Å². The molecular formula is C10H15NO3. The molecule has 0 N–H and O–H groups in total. The van der Waals surface area contributed by atoms with Crippen molar-refractivity contribution in [1.29, 1.82) is 0 Å². The summed E-state index contributed by atoms with van der Waals surface area (Å²) in [5, 5.41) is 0. The van der Waals surface area contributed by atoms with Crippen LogP contribution in [0.25, 0.3) is 0 Å². The summed E-state index contributed by atoms with van der Waals surface area (Å²) in [6, 6.07) is -0.161. The van der Waals surface area contributed by atoms with E-state index in [1.54, 1.807) is 6.92 Å². The fourth-order valence-corrected chi connectivity index (χ4v) is 2.31. The summed E-state index contributed by atoms with van der Waals surface area (Å²) in [6.07, 6.45) is 1.58. The van der Waals surface area contributed by atoms with E-state index in [1.807, 2.05) is 4.90 Å². The maximum atomic E-state index is 11.5. The van der Waals surface area contributed by atoms with E-state index < -0.39 is 0 Å². The minimum Gasteiger partial charge on any atom is -0.465 e. The highest BCUT2D eigenvalue weighted by molar-refractivity contribution is 5.88. The molecule has 3 aliphatic heterocycles. The largest absolute Gasteiger partial charge is 0.465 e. The van der Waals surface area contributed by atoms with Crippen LogP contribution >= 0.6 is 0 Å². The van der Waals surface area contributed by atoms with Crippen molar-refractivity contribution >= 4 is 11.8 Å². The van der Waals surface area contributed by atoms with Crippen molar-refractivity contribution in [3.8, 4) is 0 Å². The van der Waals surface area contributed by atoms with Gasteiger partial charge in [0.1, 0.15) is 11.8 Å². The maximum Gasteiger partial charge on any atom is 0.323 e. The third kappa shape index (κ3) is 1.54. The summed E-state index contributed by atoms with van der Waals surface area (Å²) in [5.74, 6) is 0.232. The Labute approximate surface area is 83.2 Å². The Hall–Kier alpha value is -0.900. The first-order chi connectivity index (χ1) is 6.72. The van der Waals surface area contributed by atoms with Gasteiger partial charge in [0.05, 0.1) is 13.2 Å². The van der Waals surface area contributed by atoms with Crippen molar-refractivity contribution in [2.75, 3.05) is 19.7 Å². The average Bonchev–Trinajstić information content (AvgIpc) is 2.18. The number of ether oxygens (including phenoxy) is 1. The molecule has 3 atom stereocenters. The minimum absolute atomic E-state index is 0.106. The molecule has 14 heavy (non-hydrogen) atoms. The summed E-state index contributed by atoms with van der Waals surface area (Å²) in [7, 11) is 0. The fourth-order valence-electron chi connectivity index (χ4n) is 2.31. The molecule has 0 aromatic heterocycles. The van der Waals surface area contributed by atoms with Gasteiger partial charge in [0.2, 0.25) is 0 Å². The van der Waals surface area contributed by atoms with Crippen molar-refractivity contribution in [3.63, 3.8) is 0 Å². The van der Waals surface area contributed by atoms with Gasteiger partial charge in [0.25, 0.3) is 0 Å². The molecule has 3 unspecified atom stereocenters. The lowest BCUT2D eigenvalue weighted by atomic mass is 9.82. The molecule has 0 aliphatic carbocycles. The Bertz CT molecular complexity index is 264. The van der Waals surface area contributed by atoms with E-state index in [-0.39, 0.29) is 23.7 Å². The van der Waals surface area contributed by atoms with Gasteiger partial charge < -0.3 is 4.74 Å². The van der Waals surface area contributed by atoms with E-state index in [2.05, 4.69) is 0 Å². The monoisotopic (exact) mass is 197 g/mol. The lowest BCUT2D eigenvalue weighted by molar-refractivity contribution is -0.156. The molecule has 4 heteroatoms. The molecule has 3 rings (SSSR count). The molecular weight excluding hydrogens is 182 g/mol. The van der Waals surface area contributed by atoms with Crippen LogP contribution in [-0.2, 0) is 14.3 Å². The molecule has 0 amide bonds. The average molecular weight is 197 g/mol. The Morgan fingerprint density at radius 1 is 1.64 bits per heavy atom. The van der Waals surface area contributed by atoms with E-state index in [0.717, 1.165) is 13.0 Å². The predicted molar refractivity (Wildman–Crippen MR) is 49.7 cm³/mol. The number of ketones is 1. The first-order valence-corrected chi connectivity index (χ1v) is 5.15. The molecule has 3 aliphatic rings. The van der Waals surface area contributed by atoms with Gasteiger partial charge >= 0.3 is 5.97 Å². The second-order valence-electron chi connectivity index (χ2n) is 3.93. The lowest BCUT2D eigenvalue weighted by Gasteiger charge is -2.42. The lowest BCUT2D eigenvalue weighted by Crippen LogP contribution is -2.56. The highest BCUT2D eigenvalue weighted by Gasteiger charge is 2.42.